The molecule has 3 heterocycles. The minimum atomic E-state index is 0.0808. The zero-order valence-corrected chi connectivity index (χ0v) is 19.1. The van der Waals surface area contributed by atoms with E-state index < -0.39 is 0 Å². The van der Waals surface area contributed by atoms with Crippen LogP contribution < -0.4 is 10.9 Å². The molecule has 5 aromatic rings. The Hall–Kier alpha value is -2.87. The molecule has 32 heavy (non-hydrogen) atoms. The van der Waals surface area contributed by atoms with Gasteiger partial charge in [0, 0.05) is 17.5 Å². The Morgan fingerprint density at radius 3 is 2.78 bits per heavy atom. The fraction of sp³-hybridized carbons (Fsp3) is 0.240. The van der Waals surface area contributed by atoms with E-state index in [0.717, 1.165) is 52.1 Å². The maximum Gasteiger partial charge on any atom is 0.262 e. The minimum absolute atomic E-state index is 0.0808. The number of aryl methyl sites for hydroxylation is 1. The zero-order valence-electron chi connectivity index (χ0n) is 17.5. The van der Waals surface area contributed by atoms with Gasteiger partial charge in [0.15, 0.2) is 0 Å². The van der Waals surface area contributed by atoms with E-state index >= 15 is 0 Å². The summed E-state index contributed by atoms with van der Waals surface area (Å²) in [5, 5.41) is 5.64. The molecule has 0 saturated carbocycles. The molecule has 1 N–H and O–H groups in total. The fourth-order valence-corrected chi connectivity index (χ4v) is 6.67. The third kappa shape index (κ3) is 3.66. The van der Waals surface area contributed by atoms with E-state index in [9.17, 15) is 4.79 Å². The van der Waals surface area contributed by atoms with Crippen molar-refractivity contribution in [3.05, 3.63) is 92.3 Å². The summed E-state index contributed by atoms with van der Waals surface area (Å²) in [7, 11) is 0. The van der Waals surface area contributed by atoms with Gasteiger partial charge in [-0.1, -0.05) is 42.5 Å². The number of thiophene rings is 1. The molecule has 1 atom stereocenters. The van der Waals surface area contributed by atoms with Gasteiger partial charge in [0.25, 0.3) is 5.56 Å². The normalized spacial score (nSPS) is 15.9. The number of hydrogen-bond acceptors (Lipinski definition) is 6. The lowest BCUT2D eigenvalue weighted by atomic mass is 9.93. The van der Waals surface area contributed by atoms with E-state index in [-0.39, 0.29) is 5.56 Å². The Bertz CT molecular complexity index is 1440. The maximum atomic E-state index is 13.3. The summed E-state index contributed by atoms with van der Waals surface area (Å²) in [5.41, 5.74) is 3.47. The van der Waals surface area contributed by atoms with Crippen molar-refractivity contribution in [1.82, 2.24) is 19.9 Å². The van der Waals surface area contributed by atoms with Gasteiger partial charge >= 0.3 is 0 Å². The fourth-order valence-electron chi connectivity index (χ4n) is 4.50. The zero-order chi connectivity index (χ0) is 21.5. The van der Waals surface area contributed by atoms with Crippen molar-refractivity contribution >= 4 is 43.1 Å². The topological polar surface area (TPSA) is 59.8 Å². The van der Waals surface area contributed by atoms with Crippen LogP contribution in [0.2, 0.25) is 0 Å². The minimum Gasteiger partial charge on any atom is -0.307 e. The quantitative estimate of drug-likeness (QED) is 0.412. The summed E-state index contributed by atoms with van der Waals surface area (Å²) in [6.07, 6.45) is 4.58. The molecule has 0 saturated heterocycles. The number of para-hydroxylation sites is 1. The Morgan fingerprint density at radius 1 is 1.06 bits per heavy atom. The van der Waals surface area contributed by atoms with Gasteiger partial charge in [-0.05, 0) is 42.5 Å². The molecule has 1 aliphatic rings. The smallest absolute Gasteiger partial charge is 0.262 e. The van der Waals surface area contributed by atoms with Gasteiger partial charge in [-0.15, -0.1) is 22.7 Å². The average molecular weight is 459 g/mol. The monoisotopic (exact) mass is 458 g/mol. The predicted octanol–water partition coefficient (Wildman–Crippen LogP) is 4.76. The van der Waals surface area contributed by atoms with Gasteiger partial charge in [0.1, 0.15) is 9.84 Å². The Balaban J connectivity index is 1.21. The molecule has 0 aliphatic heterocycles. The van der Waals surface area contributed by atoms with Crippen molar-refractivity contribution in [3.8, 4) is 0 Å². The van der Waals surface area contributed by atoms with Crippen LogP contribution in [0.1, 0.15) is 27.4 Å². The van der Waals surface area contributed by atoms with Gasteiger partial charge in [-0.2, -0.15) is 0 Å². The van der Waals surface area contributed by atoms with Crippen LogP contribution in [-0.2, 0) is 25.9 Å². The molecule has 0 spiro atoms. The molecule has 1 unspecified atom stereocenters. The molecular formula is C25H22N4OS2. The lowest BCUT2D eigenvalue weighted by molar-refractivity contribution is 0.462. The summed E-state index contributed by atoms with van der Waals surface area (Å²) in [4.78, 5) is 24.8. The SMILES string of the molecule is O=c1c2c3c(sc2ncn1Cc1ccccc1)CC(NCc1nc2ccccc2s1)CC3. The first-order valence-corrected chi connectivity index (χ1v) is 12.5. The number of hydrogen-bond donors (Lipinski definition) is 1. The number of fused-ring (bicyclic) bond motifs is 4. The van der Waals surface area contributed by atoms with Crippen LogP contribution in [0.3, 0.4) is 0 Å². The molecular weight excluding hydrogens is 436 g/mol. The van der Waals surface area contributed by atoms with Gasteiger partial charge in [-0.25, -0.2) is 9.97 Å². The third-order valence-electron chi connectivity index (χ3n) is 6.11. The number of rotatable bonds is 5. The highest BCUT2D eigenvalue weighted by atomic mass is 32.1. The van der Waals surface area contributed by atoms with E-state index in [0.29, 0.717) is 12.6 Å². The molecule has 0 bridgehead atoms. The first-order valence-electron chi connectivity index (χ1n) is 10.9. The van der Waals surface area contributed by atoms with Gasteiger partial charge in [-0.3, -0.25) is 9.36 Å². The summed E-state index contributed by atoms with van der Waals surface area (Å²) in [6.45, 7) is 1.34. The standard InChI is InChI=1S/C25H22N4OS2/c30-25-23-18-11-10-17(26-13-22-28-19-8-4-5-9-20(19)31-22)12-21(18)32-24(23)27-15-29(25)14-16-6-2-1-3-7-16/h1-9,15,17,26H,10-14H2. The van der Waals surface area contributed by atoms with Crippen LogP contribution in [0, 0.1) is 0 Å². The lowest BCUT2D eigenvalue weighted by Crippen LogP contribution is -2.33. The van der Waals surface area contributed by atoms with Gasteiger partial charge in [0.2, 0.25) is 0 Å². The van der Waals surface area contributed by atoms with Crippen LogP contribution in [0.4, 0.5) is 0 Å². The van der Waals surface area contributed by atoms with Crippen LogP contribution >= 0.6 is 22.7 Å². The maximum absolute atomic E-state index is 13.3. The van der Waals surface area contributed by atoms with E-state index in [1.807, 2.05) is 36.4 Å². The summed E-state index contributed by atoms with van der Waals surface area (Å²) >= 11 is 3.44. The second-order valence-corrected chi connectivity index (χ2v) is 10.4. The number of thiazole rings is 1. The molecule has 5 nitrogen and oxygen atoms in total. The van der Waals surface area contributed by atoms with Crippen molar-refractivity contribution in [2.24, 2.45) is 0 Å². The highest BCUT2D eigenvalue weighted by Crippen LogP contribution is 2.34. The lowest BCUT2D eigenvalue weighted by Gasteiger charge is -2.23. The molecule has 7 heteroatoms. The molecule has 1 aliphatic carbocycles. The summed E-state index contributed by atoms with van der Waals surface area (Å²) in [6, 6.07) is 18.8. The third-order valence-corrected chi connectivity index (χ3v) is 8.31. The van der Waals surface area contributed by atoms with E-state index in [1.165, 1.54) is 15.1 Å². The second kappa shape index (κ2) is 8.24. The summed E-state index contributed by atoms with van der Waals surface area (Å²) < 4.78 is 2.97. The van der Waals surface area contributed by atoms with E-state index in [1.54, 1.807) is 33.6 Å². The molecule has 3 aromatic heterocycles. The molecule has 0 fully saturated rings. The van der Waals surface area contributed by atoms with Crippen molar-refractivity contribution < 1.29 is 0 Å². The highest BCUT2D eigenvalue weighted by molar-refractivity contribution is 7.19. The molecule has 6 rings (SSSR count). The largest absolute Gasteiger partial charge is 0.307 e. The summed E-state index contributed by atoms with van der Waals surface area (Å²) in [5.74, 6) is 0. The van der Waals surface area contributed by atoms with Crippen molar-refractivity contribution in [2.45, 2.75) is 38.4 Å². The predicted molar refractivity (Wildman–Crippen MR) is 132 cm³/mol. The molecule has 160 valence electrons. The Kier molecular flexibility index (Phi) is 5.09. The molecule has 0 amide bonds. The van der Waals surface area contributed by atoms with Crippen LogP contribution in [-0.4, -0.2) is 20.6 Å². The Labute approximate surface area is 193 Å². The van der Waals surface area contributed by atoms with Crippen LogP contribution in [0.5, 0.6) is 0 Å². The molecule has 0 radical (unpaired) electrons. The number of aromatic nitrogens is 3. The Morgan fingerprint density at radius 2 is 1.91 bits per heavy atom. The van der Waals surface area contributed by atoms with Crippen LogP contribution in [0.25, 0.3) is 20.4 Å². The van der Waals surface area contributed by atoms with Gasteiger partial charge < -0.3 is 5.32 Å². The first-order chi connectivity index (χ1) is 15.7. The van der Waals surface area contributed by atoms with Crippen molar-refractivity contribution in [2.75, 3.05) is 0 Å². The number of nitrogens with zero attached hydrogens (tertiary/aromatic N) is 3. The van der Waals surface area contributed by atoms with Crippen LogP contribution in [0.15, 0.2) is 65.7 Å². The van der Waals surface area contributed by atoms with E-state index in [4.69, 9.17) is 4.98 Å². The van der Waals surface area contributed by atoms with Crippen molar-refractivity contribution in [3.63, 3.8) is 0 Å². The number of benzene rings is 2. The highest BCUT2D eigenvalue weighted by Gasteiger charge is 2.25. The molecule has 2 aromatic carbocycles. The number of nitrogens with one attached hydrogen (secondary N) is 1. The first kappa shape index (κ1) is 19.8. The van der Waals surface area contributed by atoms with Gasteiger partial charge in [0.05, 0.1) is 28.5 Å². The second-order valence-electron chi connectivity index (χ2n) is 8.24. The van der Waals surface area contributed by atoms with E-state index in [2.05, 4.69) is 28.5 Å². The average Bonchev–Trinajstić information content (AvgIpc) is 3.41. The van der Waals surface area contributed by atoms with Crippen molar-refractivity contribution in [1.29, 1.82) is 0 Å².